The Balaban J connectivity index is 0.00000169. The Hall–Kier alpha value is -2.24. The van der Waals surface area contributed by atoms with Gasteiger partial charge in [0.05, 0.1) is 17.5 Å². The average molecular weight is 395 g/mol. The highest BCUT2D eigenvalue weighted by atomic mass is 35.5. The molecule has 0 aliphatic heterocycles. The molecule has 0 aliphatic rings. The van der Waals surface area contributed by atoms with Gasteiger partial charge in [-0.25, -0.2) is 4.98 Å². The fourth-order valence-corrected chi connectivity index (χ4v) is 2.78. The molecule has 0 saturated heterocycles. The zero-order chi connectivity index (χ0) is 16.9. The summed E-state index contributed by atoms with van der Waals surface area (Å²) in [7, 11) is 2.03. The van der Waals surface area contributed by atoms with Gasteiger partial charge in [-0.15, -0.1) is 24.8 Å². The van der Waals surface area contributed by atoms with Gasteiger partial charge >= 0.3 is 0 Å². The summed E-state index contributed by atoms with van der Waals surface area (Å²) >= 11 is 0. The molecule has 2 aromatic carbocycles. The largest absolute Gasteiger partial charge is 0.399 e. The smallest absolute Gasteiger partial charge is 0.224 e. The highest BCUT2D eigenvalue weighted by Gasteiger charge is 2.07. The van der Waals surface area contributed by atoms with E-state index in [1.54, 1.807) is 0 Å². The van der Waals surface area contributed by atoms with Gasteiger partial charge in [-0.2, -0.15) is 0 Å². The van der Waals surface area contributed by atoms with Crippen LogP contribution in [0, 0.1) is 0 Å². The number of halogens is 2. The quantitative estimate of drug-likeness (QED) is 0.497. The Labute approximate surface area is 165 Å². The third kappa shape index (κ3) is 5.38. The normalized spacial score (nSPS) is 10.0. The molecule has 26 heavy (non-hydrogen) atoms. The molecule has 0 bridgehead atoms. The summed E-state index contributed by atoms with van der Waals surface area (Å²) in [4.78, 5) is 16.6. The van der Waals surface area contributed by atoms with Crippen molar-refractivity contribution in [2.45, 2.75) is 19.3 Å². The van der Waals surface area contributed by atoms with Gasteiger partial charge < -0.3 is 15.6 Å². The number of fused-ring (bicyclic) bond motifs is 1. The number of aromatic nitrogens is 2. The van der Waals surface area contributed by atoms with E-state index in [-0.39, 0.29) is 30.7 Å². The van der Waals surface area contributed by atoms with E-state index in [0.29, 0.717) is 18.7 Å². The van der Waals surface area contributed by atoms with E-state index >= 15 is 0 Å². The van der Waals surface area contributed by atoms with Crippen LogP contribution in [0.1, 0.15) is 17.8 Å². The maximum atomic E-state index is 12.0. The Kier molecular flexibility index (Phi) is 8.42. The summed E-state index contributed by atoms with van der Waals surface area (Å²) in [5.41, 5.74) is 9.48. The van der Waals surface area contributed by atoms with Gasteiger partial charge in [0, 0.05) is 25.7 Å². The topological polar surface area (TPSA) is 72.9 Å². The van der Waals surface area contributed by atoms with E-state index in [1.807, 2.05) is 49.5 Å². The number of nitrogens with two attached hydrogens (primary N) is 1. The van der Waals surface area contributed by atoms with Crippen LogP contribution >= 0.6 is 24.8 Å². The number of para-hydroxylation sites is 2. The third-order valence-electron chi connectivity index (χ3n) is 4.12. The fourth-order valence-electron chi connectivity index (χ4n) is 2.78. The lowest BCUT2D eigenvalue weighted by molar-refractivity contribution is -0.120. The molecule has 0 atom stereocenters. The first-order chi connectivity index (χ1) is 11.6. The zero-order valence-corrected chi connectivity index (χ0v) is 16.3. The summed E-state index contributed by atoms with van der Waals surface area (Å²) in [5, 5.41) is 2.96. The van der Waals surface area contributed by atoms with Crippen molar-refractivity contribution in [2.75, 3.05) is 12.3 Å². The van der Waals surface area contributed by atoms with Gasteiger partial charge in [0.2, 0.25) is 5.91 Å². The minimum Gasteiger partial charge on any atom is -0.399 e. The van der Waals surface area contributed by atoms with Crippen molar-refractivity contribution in [3.8, 4) is 0 Å². The van der Waals surface area contributed by atoms with Crippen LogP contribution in [-0.4, -0.2) is 22.0 Å². The predicted octanol–water partition coefficient (Wildman–Crippen LogP) is 3.29. The summed E-state index contributed by atoms with van der Waals surface area (Å²) in [6.07, 6.45) is 2.09. The van der Waals surface area contributed by atoms with Gasteiger partial charge in [-0.3, -0.25) is 4.79 Å². The molecule has 140 valence electrons. The number of nitrogen functional groups attached to an aromatic ring is 1. The molecule has 1 amide bonds. The summed E-state index contributed by atoms with van der Waals surface area (Å²) < 4.78 is 2.12. The van der Waals surface area contributed by atoms with Crippen molar-refractivity contribution in [1.29, 1.82) is 0 Å². The minimum atomic E-state index is 0. The maximum absolute atomic E-state index is 12.0. The molecule has 0 aliphatic carbocycles. The molecular weight excluding hydrogens is 371 g/mol. The first-order valence-electron chi connectivity index (χ1n) is 8.15. The number of amides is 1. The number of carbonyl (C=O) groups excluding carboxylic acids is 1. The zero-order valence-electron chi connectivity index (χ0n) is 14.6. The van der Waals surface area contributed by atoms with E-state index in [0.717, 1.165) is 35.3 Å². The Morgan fingerprint density at radius 2 is 1.81 bits per heavy atom. The van der Waals surface area contributed by atoms with Crippen molar-refractivity contribution >= 4 is 47.4 Å². The number of hydrogen-bond donors (Lipinski definition) is 2. The number of carbonyl (C=O) groups is 1. The SMILES string of the molecule is Cl.Cl.Cn1c(CCCNC(=O)Cc2ccc(N)cc2)nc2ccccc21. The molecule has 0 radical (unpaired) electrons. The fraction of sp³-hybridized carbons (Fsp3) is 0.263. The van der Waals surface area contributed by atoms with Crippen LogP contribution in [0.2, 0.25) is 0 Å². The van der Waals surface area contributed by atoms with Gasteiger partial charge in [0.25, 0.3) is 0 Å². The molecule has 7 heteroatoms. The monoisotopic (exact) mass is 394 g/mol. The Morgan fingerprint density at radius 3 is 2.50 bits per heavy atom. The molecule has 1 heterocycles. The standard InChI is InChI=1S/C19H22N4O.2ClH/c1-23-17-6-3-2-5-16(17)22-18(23)7-4-12-21-19(24)13-14-8-10-15(20)11-9-14;;/h2-3,5-6,8-11H,4,7,12-13,20H2,1H3,(H,21,24);2*1H. The molecule has 0 unspecified atom stereocenters. The van der Waals surface area contributed by atoms with Crippen molar-refractivity contribution in [1.82, 2.24) is 14.9 Å². The molecule has 0 saturated carbocycles. The molecule has 0 spiro atoms. The lowest BCUT2D eigenvalue weighted by Crippen LogP contribution is -2.26. The number of imidazole rings is 1. The summed E-state index contributed by atoms with van der Waals surface area (Å²) in [6, 6.07) is 15.5. The molecule has 0 fully saturated rings. The van der Waals surface area contributed by atoms with E-state index in [4.69, 9.17) is 5.73 Å². The second-order valence-electron chi connectivity index (χ2n) is 5.95. The number of aryl methyl sites for hydroxylation is 2. The number of nitrogens with one attached hydrogen (secondary N) is 1. The lowest BCUT2D eigenvalue weighted by atomic mass is 10.1. The highest BCUT2D eigenvalue weighted by molar-refractivity contribution is 5.85. The van der Waals surface area contributed by atoms with Crippen LogP contribution in [0.25, 0.3) is 11.0 Å². The first kappa shape index (κ1) is 21.8. The Morgan fingerprint density at radius 1 is 1.12 bits per heavy atom. The van der Waals surface area contributed by atoms with E-state index < -0.39 is 0 Å². The number of hydrogen-bond acceptors (Lipinski definition) is 3. The van der Waals surface area contributed by atoms with Crippen molar-refractivity contribution in [3.63, 3.8) is 0 Å². The summed E-state index contributed by atoms with van der Waals surface area (Å²) in [5.74, 6) is 1.08. The molecule has 1 aromatic heterocycles. The summed E-state index contributed by atoms with van der Waals surface area (Å²) in [6.45, 7) is 0.650. The van der Waals surface area contributed by atoms with Gasteiger partial charge in [0.15, 0.2) is 0 Å². The second kappa shape index (κ2) is 10.0. The number of nitrogens with zero attached hydrogens (tertiary/aromatic N) is 2. The highest BCUT2D eigenvalue weighted by Crippen LogP contribution is 2.15. The Bertz CT molecular complexity index is 846. The minimum absolute atomic E-state index is 0. The van der Waals surface area contributed by atoms with Crippen LogP contribution in [0.5, 0.6) is 0 Å². The van der Waals surface area contributed by atoms with Gasteiger partial charge in [-0.1, -0.05) is 24.3 Å². The maximum Gasteiger partial charge on any atom is 0.224 e. The van der Waals surface area contributed by atoms with Crippen molar-refractivity contribution in [2.24, 2.45) is 7.05 Å². The number of benzene rings is 2. The van der Waals surface area contributed by atoms with Crippen molar-refractivity contribution < 1.29 is 4.79 Å². The second-order valence-corrected chi connectivity index (χ2v) is 5.95. The number of rotatable bonds is 6. The predicted molar refractivity (Wildman–Crippen MR) is 111 cm³/mol. The van der Waals surface area contributed by atoms with Crippen LogP contribution in [0.15, 0.2) is 48.5 Å². The van der Waals surface area contributed by atoms with E-state index in [1.165, 1.54) is 0 Å². The van der Waals surface area contributed by atoms with Crippen LogP contribution < -0.4 is 11.1 Å². The number of anilines is 1. The molecule has 3 N–H and O–H groups in total. The van der Waals surface area contributed by atoms with Crippen LogP contribution in [-0.2, 0) is 24.7 Å². The average Bonchev–Trinajstić information content (AvgIpc) is 2.90. The van der Waals surface area contributed by atoms with Crippen LogP contribution in [0.4, 0.5) is 5.69 Å². The van der Waals surface area contributed by atoms with Crippen LogP contribution in [0.3, 0.4) is 0 Å². The lowest BCUT2D eigenvalue weighted by Gasteiger charge is -2.06. The van der Waals surface area contributed by atoms with Gasteiger partial charge in [-0.05, 0) is 36.2 Å². The molecule has 5 nitrogen and oxygen atoms in total. The molecule has 3 aromatic rings. The van der Waals surface area contributed by atoms with Crippen molar-refractivity contribution in [3.05, 3.63) is 59.9 Å². The van der Waals surface area contributed by atoms with E-state index in [2.05, 4.69) is 20.9 Å². The molecule has 3 rings (SSSR count). The van der Waals surface area contributed by atoms with Gasteiger partial charge in [0.1, 0.15) is 5.82 Å². The first-order valence-corrected chi connectivity index (χ1v) is 8.15. The molecular formula is C19H24Cl2N4O. The third-order valence-corrected chi connectivity index (χ3v) is 4.12. The van der Waals surface area contributed by atoms with E-state index in [9.17, 15) is 4.79 Å².